The van der Waals surface area contributed by atoms with E-state index in [1.54, 1.807) is 0 Å². The van der Waals surface area contributed by atoms with Crippen molar-refractivity contribution in [3.8, 4) is 17.3 Å². The molecule has 9 rings (SSSR count). The van der Waals surface area contributed by atoms with Gasteiger partial charge in [-0.15, -0.1) is 48.1 Å². The molecule has 8 aromatic rings. The Morgan fingerprint density at radius 1 is 0.500 bits per heavy atom. The molecule has 5 nitrogen and oxygen atoms in total. The summed E-state index contributed by atoms with van der Waals surface area (Å²) in [5.74, 6) is 2.03. The quantitative estimate of drug-likeness (QED) is 0.135. The van der Waals surface area contributed by atoms with E-state index in [0.29, 0.717) is 11.5 Å². The molecule has 328 valence electrons. The second-order valence-corrected chi connectivity index (χ2v) is 20.0. The van der Waals surface area contributed by atoms with Crippen LogP contribution in [0, 0.1) is 18.8 Å². The van der Waals surface area contributed by atoms with Crippen LogP contribution in [0.15, 0.2) is 158 Å². The molecule has 0 atom stereocenters. The third kappa shape index (κ3) is 8.55. The van der Waals surface area contributed by atoms with Gasteiger partial charge < -0.3 is 19.1 Å². The van der Waals surface area contributed by atoms with Gasteiger partial charge in [0.2, 0.25) is 0 Å². The number of fused-ring (bicyclic) bond motifs is 3. The number of ether oxygens (including phenoxy) is 1. The minimum atomic E-state index is -0.248. The Morgan fingerprint density at radius 2 is 1.08 bits per heavy atom. The predicted molar refractivity (Wildman–Crippen MR) is 262 cm³/mol. The fourth-order valence-corrected chi connectivity index (χ4v) is 8.62. The van der Waals surface area contributed by atoms with Crippen LogP contribution >= 0.6 is 0 Å². The predicted octanol–water partition coefficient (Wildman–Crippen LogP) is 14.7. The Labute approximate surface area is 394 Å². The molecule has 3 heterocycles. The van der Waals surface area contributed by atoms with Crippen molar-refractivity contribution in [2.24, 2.45) is 0 Å². The second kappa shape index (κ2) is 16.9. The zero-order chi connectivity index (χ0) is 44.3. The summed E-state index contributed by atoms with van der Waals surface area (Å²) in [5, 5.41) is 2.21. The molecule has 0 bridgehead atoms. The van der Waals surface area contributed by atoms with Crippen LogP contribution in [0.25, 0.3) is 27.6 Å². The van der Waals surface area contributed by atoms with Gasteiger partial charge in [0.15, 0.2) is 0 Å². The van der Waals surface area contributed by atoms with Gasteiger partial charge in [-0.2, -0.15) is 12.1 Å². The molecule has 0 N–H and O–H groups in total. The van der Waals surface area contributed by atoms with Crippen molar-refractivity contribution in [1.29, 1.82) is 0 Å². The van der Waals surface area contributed by atoms with Crippen molar-refractivity contribution in [1.82, 2.24) is 9.55 Å². The molecule has 0 spiro atoms. The molecule has 64 heavy (non-hydrogen) atoms. The van der Waals surface area contributed by atoms with Crippen LogP contribution in [-0.4, -0.2) is 9.55 Å². The van der Waals surface area contributed by atoms with Gasteiger partial charge in [-0.25, -0.2) is 4.98 Å². The molecule has 0 fully saturated rings. The van der Waals surface area contributed by atoms with E-state index in [9.17, 15) is 0 Å². The molecule has 0 unspecified atom stereocenters. The number of aromatic nitrogens is 2. The average Bonchev–Trinajstić information content (AvgIpc) is 3.90. The number of pyridine rings is 1. The van der Waals surface area contributed by atoms with Crippen molar-refractivity contribution < 1.29 is 25.8 Å². The standard InChI is InChI=1S/C58H57N4O.Pt/c1-55(2,3)44-32-45(56(4,5)6)34-47(33-44)61-31-30-60(39-61)46-22-17-23-48(37-46)63-49-25-27-51-50-26-24-42(57(7,8)40-18-13-11-14-19-40)35-52(50)62(53(51)38-49)54-36-43(28-29-59-54)58(9,10)41-20-15-12-16-21-41;/h11-36,39H,1-10H3;/q-3;. The maximum Gasteiger partial charge on any atom is 0.135 e. The van der Waals surface area contributed by atoms with Crippen molar-refractivity contribution in [2.45, 2.75) is 90.9 Å². The van der Waals surface area contributed by atoms with Crippen LogP contribution in [-0.2, 0) is 42.7 Å². The Bertz CT molecular complexity index is 2950. The summed E-state index contributed by atoms with van der Waals surface area (Å²) >= 11 is 0. The van der Waals surface area contributed by atoms with Gasteiger partial charge in [0, 0.05) is 60.8 Å². The molecule has 0 aliphatic carbocycles. The summed E-state index contributed by atoms with van der Waals surface area (Å²) in [6, 6.07) is 57.0. The Balaban J connectivity index is 0.00000560. The molecule has 6 heteroatoms. The summed E-state index contributed by atoms with van der Waals surface area (Å²) < 4.78 is 8.90. The molecule has 2 aromatic heterocycles. The molecule has 1 aliphatic rings. The third-order valence-corrected chi connectivity index (χ3v) is 12.9. The number of benzene rings is 6. The molecule has 1 aliphatic heterocycles. The van der Waals surface area contributed by atoms with Gasteiger partial charge in [0.05, 0.1) is 0 Å². The first kappa shape index (κ1) is 44.7. The molecule has 0 saturated carbocycles. The summed E-state index contributed by atoms with van der Waals surface area (Å²) in [7, 11) is 0. The number of hydrogen-bond acceptors (Lipinski definition) is 4. The maximum atomic E-state index is 6.64. The fraction of sp³-hybridized carbons (Fsp3) is 0.241. The van der Waals surface area contributed by atoms with Crippen LogP contribution in [0.2, 0.25) is 0 Å². The van der Waals surface area contributed by atoms with E-state index < -0.39 is 0 Å². The fourth-order valence-electron chi connectivity index (χ4n) is 8.62. The maximum absolute atomic E-state index is 6.64. The third-order valence-electron chi connectivity index (χ3n) is 12.9. The number of rotatable bonds is 9. The minimum absolute atomic E-state index is 0. The molecular formula is C58H57N4OPt-3. The molecule has 0 radical (unpaired) electrons. The van der Waals surface area contributed by atoms with Crippen molar-refractivity contribution >= 4 is 33.2 Å². The molecule has 0 amide bonds. The van der Waals surface area contributed by atoms with Crippen molar-refractivity contribution in [3.05, 3.63) is 210 Å². The zero-order valence-electron chi connectivity index (χ0n) is 38.6. The monoisotopic (exact) mass is 1020 g/mol. The molecule has 0 saturated heterocycles. The van der Waals surface area contributed by atoms with Crippen LogP contribution in [0.5, 0.6) is 11.5 Å². The van der Waals surface area contributed by atoms with Crippen LogP contribution < -0.4 is 14.5 Å². The number of hydrogen-bond donors (Lipinski definition) is 0. The molecule has 6 aromatic carbocycles. The van der Waals surface area contributed by atoms with E-state index in [-0.39, 0.29) is 42.7 Å². The first-order valence-corrected chi connectivity index (χ1v) is 22.0. The zero-order valence-corrected chi connectivity index (χ0v) is 40.9. The summed E-state index contributed by atoms with van der Waals surface area (Å²) in [4.78, 5) is 9.32. The van der Waals surface area contributed by atoms with Gasteiger partial charge in [-0.1, -0.05) is 154 Å². The van der Waals surface area contributed by atoms with Gasteiger partial charge in [0.25, 0.3) is 0 Å². The van der Waals surface area contributed by atoms with E-state index in [1.165, 1.54) is 33.4 Å². The summed E-state index contributed by atoms with van der Waals surface area (Å²) in [6.45, 7) is 24.9. The van der Waals surface area contributed by atoms with Crippen LogP contribution in [0.4, 0.5) is 11.4 Å². The Morgan fingerprint density at radius 3 is 1.70 bits per heavy atom. The summed E-state index contributed by atoms with van der Waals surface area (Å²) in [5.41, 5.74) is 11.1. The topological polar surface area (TPSA) is 33.5 Å². The van der Waals surface area contributed by atoms with Crippen molar-refractivity contribution in [3.63, 3.8) is 0 Å². The Kier molecular flexibility index (Phi) is 11.8. The molecular weight excluding hydrogens is 964 g/mol. The van der Waals surface area contributed by atoms with Gasteiger partial charge in [-0.05, 0) is 92.3 Å². The van der Waals surface area contributed by atoms with Crippen LogP contribution in [0.3, 0.4) is 0 Å². The number of nitrogens with zero attached hydrogens (tertiary/aromatic N) is 4. The average molecular weight is 1020 g/mol. The van der Waals surface area contributed by atoms with Gasteiger partial charge in [0.1, 0.15) is 5.82 Å². The number of anilines is 2. The van der Waals surface area contributed by atoms with E-state index in [1.807, 2.05) is 24.4 Å². The minimum Gasteiger partial charge on any atom is -0.509 e. The van der Waals surface area contributed by atoms with E-state index in [4.69, 9.17) is 9.72 Å². The smallest absolute Gasteiger partial charge is 0.135 e. The van der Waals surface area contributed by atoms with E-state index in [0.717, 1.165) is 39.0 Å². The Hall–Kier alpha value is -5.90. The van der Waals surface area contributed by atoms with Gasteiger partial charge >= 0.3 is 0 Å². The first-order chi connectivity index (χ1) is 30.0. The van der Waals surface area contributed by atoms with Gasteiger partial charge in [-0.3, -0.25) is 0 Å². The van der Waals surface area contributed by atoms with Crippen LogP contribution in [0.1, 0.15) is 103 Å². The summed E-state index contributed by atoms with van der Waals surface area (Å²) in [6.07, 6.45) is 6.11. The van der Waals surface area contributed by atoms with Crippen molar-refractivity contribution in [2.75, 3.05) is 9.80 Å². The van der Waals surface area contributed by atoms with E-state index in [2.05, 4.69) is 236 Å². The second-order valence-electron chi connectivity index (χ2n) is 20.0. The largest absolute Gasteiger partial charge is 0.509 e. The SMILES string of the molecule is CC(C)(C)c1cc(N2C=CN(c3[c-]c(Oc4[c-]c5c(cc4)c4ccc(C(C)(C)c6ccccc6)cc4n5-c4cc(C(C)(C)c5ccccc5)ccn4)ccc3)[CH-]2)cc(C(C)(C)C)c1.[Pt]. The van der Waals surface area contributed by atoms with E-state index >= 15 is 0 Å². The normalized spacial score (nSPS) is 13.5. The first-order valence-electron chi connectivity index (χ1n) is 22.0.